The molecule has 5 nitrogen and oxygen atoms in total. The molecular weight excluding hydrogens is 281 g/mol. The first-order chi connectivity index (χ1) is 8.80. The van der Waals surface area contributed by atoms with Gasteiger partial charge in [0.1, 0.15) is 11.3 Å². The molecule has 0 saturated heterocycles. The van der Waals surface area contributed by atoms with Crippen molar-refractivity contribution in [1.82, 2.24) is 14.8 Å². The second-order valence-electron chi connectivity index (χ2n) is 3.63. The number of rotatable bonds is 2. The first kappa shape index (κ1) is 13.3. The Balaban J connectivity index is 2.67. The zero-order valence-electron chi connectivity index (χ0n) is 9.23. The lowest BCUT2D eigenvalue weighted by atomic mass is 10.1. The lowest BCUT2D eigenvalue weighted by Crippen LogP contribution is -2.21. The Hall–Kier alpha value is -2.16. The molecular formula is C10H7F3N4OS. The number of benzene rings is 1. The molecule has 2 aromatic rings. The first-order valence-corrected chi connectivity index (χ1v) is 5.35. The van der Waals surface area contributed by atoms with Gasteiger partial charge in [0.25, 0.3) is 0 Å². The number of aromatic nitrogens is 3. The first-order valence-electron chi connectivity index (χ1n) is 4.94. The Morgan fingerprint density at radius 3 is 2.58 bits per heavy atom. The van der Waals surface area contributed by atoms with Crippen molar-refractivity contribution >= 4 is 17.2 Å². The molecule has 0 saturated carbocycles. The summed E-state index contributed by atoms with van der Waals surface area (Å²) in [6.45, 7) is 0. The predicted octanol–water partition coefficient (Wildman–Crippen LogP) is 1.21. The normalized spacial score (nSPS) is 11.5. The maximum Gasteiger partial charge on any atom is 0.416 e. The van der Waals surface area contributed by atoms with E-state index >= 15 is 0 Å². The highest BCUT2D eigenvalue weighted by Crippen LogP contribution is 2.31. The fourth-order valence-electron chi connectivity index (χ4n) is 1.54. The van der Waals surface area contributed by atoms with E-state index in [9.17, 15) is 18.0 Å². The zero-order valence-corrected chi connectivity index (χ0v) is 10.0. The van der Waals surface area contributed by atoms with Gasteiger partial charge in [-0.3, -0.25) is 0 Å². The van der Waals surface area contributed by atoms with Crippen molar-refractivity contribution in [3.8, 4) is 5.69 Å². The van der Waals surface area contributed by atoms with Crippen LogP contribution in [0.4, 0.5) is 13.2 Å². The summed E-state index contributed by atoms with van der Waals surface area (Å²) in [5, 5.41) is 5.62. The van der Waals surface area contributed by atoms with E-state index in [2.05, 4.69) is 10.2 Å². The van der Waals surface area contributed by atoms with Gasteiger partial charge in [-0.25, -0.2) is 14.5 Å². The summed E-state index contributed by atoms with van der Waals surface area (Å²) in [5.41, 5.74) is 4.00. The van der Waals surface area contributed by atoms with Crippen LogP contribution in [0.2, 0.25) is 0 Å². The fourth-order valence-corrected chi connectivity index (χ4v) is 1.70. The summed E-state index contributed by atoms with van der Waals surface area (Å²) in [6, 6.07) is 2.77. The van der Waals surface area contributed by atoms with Crippen molar-refractivity contribution in [2.75, 3.05) is 0 Å². The van der Waals surface area contributed by atoms with Crippen LogP contribution in [-0.2, 0) is 6.18 Å². The van der Waals surface area contributed by atoms with E-state index in [4.69, 9.17) is 18.0 Å². The second kappa shape index (κ2) is 4.50. The van der Waals surface area contributed by atoms with Crippen LogP contribution in [0.15, 0.2) is 29.3 Å². The van der Waals surface area contributed by atoms with Crippen LogP contribution in [0, 0.1) is 0 Å². The molecule has 0 aliphatic heterocycles. The Morgan fingerprint density at radius 2 is 2.11 bits per heavy atom. The van der Waals surface area contributed by atoms with Crippen LogP contribution in [0.5, 0.6) is 0 Å². The molecule has 0 radical (unpaired) electrons. The fraction of sp³-hybridized carbons (Fsp3) is 0.100. The Labute approximate surface area is 109 Å². The van der Waals surface area contributed by atoms with E-state index in [-0.39, 0.29) is 16.2 Å². The maximum atomic E-state index is 12.6. The zero-order chi connectivity index (χ0) is 14.2. The van der Waals surface area contributed by atoms with Crippen LogP contribution in [0.25, 0.3) is 5.69 Å². The molecule has 0 aliphatic rings. The number of thiocarbonyl (C=S) groups is 1. The molecule has 0 bridgehead atoms. The summed E-state index contributed by atoms with van der Waals surface area (Å²) in [7, 11) is 0. The van der Waals surface area contributed by atoms with E-state index in [1.165, 1.54) is 0 Å². The van der Waals surface area contributed by atoms with E-state index in [0.29, 0.717) is 0 Å². The quantitative estimate of drug-likeness (QED) is 0.814. The van der Waals surface area contributed by atoms with E-state index in [0.717, 1.165) is 29.1 Å². The number of hydrogen-bond acceptors (Lipinski definition) is 3. The molecule has 0 unspecified atom stereocenters. The van der Waals surface area contributed by atoms with Gasteiger partial charge in [-0.2, -0.15) is 18.3 Å². The summed E-state index contributed by atoms with van der Waals surface area (Å²) >= 11 is 4.71. The Bertz CT molecular complexity index is 689. The molecule has 1 aromatic heterocycles. The Morgan fingerprint density at radius 1 is 1.42 bits per heavy atom. The van der Waals surface area contributed by atoms with Gasteiger partial charge in [0, 0.05) is 5.56 Å². The van der Waals surface area contributed by atoms with Gasteiger partial charge in [-0.05, 0) is 18.2 Å². The Kier molecular flexibility index (Phi) is 3.14. The number of nitrogens with two attached hydrogens (primary N) is 1. The van der Waals surface area contributed by atoms with E-state index in [1.54, 1.807) is 0 Å². The topological polar surface area (TPSA) is 76.7 Å². The lowest BCUT2D eigenvalue weighted by Gasteiger charge is -2.12. The molecule has 19 heavy (non-hydrogen) atoms. The monoisotopic (exact) mass is 288 g/mol. The molecule has 0 spiro atoms. The minimum absolute atomic E-state index is 0.0478. The number of nitrogens with zero attached hydrogens (tertiary/aromatic N) is 2. The highest BCUT2D eigenvalue weighted by molar-refractivity contribution is 7.80. The minimum Gasteiger partial charge on any atom is -0.389 e. The van der Waals surface area contributed by atoms with Crippen molar-refractivity contribution in [3.05, 3.63) is 46.1 Å². The summed E-state index contributed by atoms with van der Waals surface area (Å²) in [5.74, 6) is 0. The smallest absolute Gasteiger partial charge is 0.389 e. The predicted molar refractivity (Wildman–Crippen MR) is 65.1 cm³/mol. The standard InChI is InChI=1S/C10H7F3N4OS/c11-10(12,13)5-1-2-7(6(3-5)8(14)19)17-4-15-16-9(17)18/h1-4H,(H2,14,19)(H,16,18). The van der Waals surface area contributed by atoms with Crippen LogP contribution >= 0.6 is 12.2 Å². The SMILES string of the molecule is NC(=S)c1cc(C(F)(F)F)ccc1-n1cn[nH]c1=O. The van der Waals surface area contributed by atoms with Crippen LogP contribution in [0.1, 0.15) is 11.1 Å². The van der Waals surface area contributed by atoms with Crippen LogP contribution in [-0.4, -0.2) is 19.8 Å². The highest BCUT2D eigenvalue weighted by atomic mass is 32.1. The largest absolute Gasteiger partial charge is 0.416 e. The van der Waals surface area contributed by atoms with Crippen molar-refractivity contribution in [2.45, 2.75) is 6.18 Å². The summed E-state index contributed by atoms with van der Waals surface area (Å²) in [6.07, 6.45) is -3.38. The maximum absolute atomic E-state index is 12.6. The molecule has 0 aliphatic carbocycles. The van der Waals surface area contributed by atoms with Gasteiger partial charge in [0.2, 0.25) is 0 Å². The van der Waals surface area contributed by atoms with Crippen LogP contribution in [0.3, 0.4) is 0 Å². The van der Waals surface area contributed by atoms with E-state index < -0.39 is 17.4 Å². The third kappa shape index (κ3) is 2.50. The van der Waals surface area contributed by atoms with Gasteiger partial charge in [-0.15, -0.1) is 0 Å². The second-order valence-corrected chi connectivity index (χ2v) is 4.07. The molecule has 100 valence electrons. The van der Waals surface area contributed by atoms with Crippen molar-refractivity contribution in [2.24, 2.45) is 5.73 Å². The average Bonchev–Trinajstić information content (AvgIpc) is 2.73. The molecule has 2 rings (SSSR count). The number of alkyl halides is 3. The van der Waals surface area contributed by atoms with E-state index in [1.807, 2.05) is 0 Å². The molecule has 0 fully saturated rings. The number of H-pyrrole nitrogens is 1. The minimum atomic E-state index is -4.51. The number of aromatic amines is 1. The van der Waals surface area contributed by atoms with Gasteiger partial charge in [-0.1, -0.05) is 12.2 Å². The van der Waals surface area contributed by atoms with Crippen LogP contribution < -0.4 is 11.4 Å². The molecule has 0 atom stereocenters. The highest BCUT2D eigenvalue weighted by Gasteiger charge is 2.31. The molecule has 0 amide bonds. The van der Waals surface area contributed by atoms with Crippen molar-refractivity contribution in [1.29, 1.82) is 0 Å². The molecule has 1 aromatic carbocycles. The van der Waals surface area contributed by atoms with Gasteiger partial charge in [0.05, 0.1) is 11.3 Å². The molecule has 1 heterocycles. The third-order valence-electron chi connectivity index (χ3n) is 2.40. The van der Waals surface area contributed by atoms with Crippen molar-refractivity contribution in [3.63, 3.8) is 0 Å². The summed E-state index contributed by atoms with van der Waals surface area (Å²) in [4.78, 5) is 11.2. The third-order valence-corrected chi connectivity index (χ3v) is 2.62. The number of hydrogen-bond donors (Lipinski definition) is 2. The molecule has 9 heteroatoms. The lowest BCUT2D eigenvalue weighted by molar-refractivity contribution is -0.137. The van der Waals surface area contributed by atoms with Crippen molar-refractivity contribution < 1.29 is 13.2 Å². The number of halogens is 3. The van der Waals surface area contributed by atoms with Gasteiger partial charge < -0.3 is 5.73 Å². The van der Waals surface area contributed by atoms with Gasteiger partial charge in [0.15, 0.2) is 0 Å². The average molecular weight is 288 g/mol. The van der Waals surface area contributed by atoms with Gasteiger partial charge >= 0.3 is 11.9 Å². The summed E-state index contributed by atoms with van der Waals surface area (Å²) < 4.78 is 38.9. The molecule has 3 N–H and O–H groups in total. The number of nitrogens with one attached hydrogen (secondary N) is 1.